The van der Waals surface area contributed by atoms with Crippen LogP contribution in [-0.4, -0.2) is 41.9 Å². The fourth-order valence-corrected chi connectivity index (χ4v) is 3.09. The van der Waals surface area contributed by atoms with Gasteiger partial charge in [-0.1, -0.05) is 0 Å². The summed E-state index contributed by atoms with van der Waals surface area (Å²) in [5.41, 5.74) is 1.38. The molecule has 28 heavy (non-hydrogen) atoms. The highest BCUT2D eigenvalue weighted by molar-refractivity contribution is 5.97. The van der Waals surface area contributed by atoms with E-state index in [0.29, 0.717) is 18.7 Å². The Kier molecular flexibility index (Phi) is 5.41. The third-order valence-electron chi connectivity index (χ3n) is 4.39. The van der Waals surface area contributed by atoms with E-state index in [1.54, 1.807) is 23.1 Å². The summed E-state index contributed by atoms with van der Waals surface area (Å²) in [6.07, 6.45) is -3.92. The van der Waals surface area contributed by atoms with Crippen LogP contribution in [0.2, 0.25) is 0 Å². The molecule has 1 aromatic carbocycles. The van der Waals surface area contributed by atoms with Crippen molar-refractivity contribution in [3.8, 4) is 0 Å². The van der Waals surface area contributed by atoms with Crippen LogP contribution in [0, 0.1) is 6.92 Å². The minimum atomic E-state index is -4.56. The van der Waals surface area contributed by atoms with E-state index in [4.69, 9.17) is 4.74 Å². The molecular formula is C18H19F3N4O3. The molecule has 150 valence electrons. The molecule has 0 radical (unpaired) electrons. The second-order valence-corrected chi connectivity index (χ2v) is 6.45. The van der Waals surface area contributed by atoms with E-state index in [2.05, 4.69) is 10.4 Å². The smallest absolute Gasteiger partial charge is 0.375 e. The molecule has 0 spiro atoms. The van der Waals surface area contributed by atoms with Gasteiger partial charge in [0.05, 0.1) is 0 Å². The Labute approximate surface area is 159 Å². The van der Waals surface area contributed by atoms with Crippen molar-refractivity contribution in [2.24, 2.45) is 0 Å². The van der Waals surface area contributed by atoms with Gasteiger partial charge in [0, 0.05) is 30.7 Å². The van der Waals surface area contributed by atoms with Gasteiger partial charge in [-0.15, -0.1) is 0 Å². The normalized spacial score (nSPS) is 13.5. The predicted molar refractivity (Wildman–Crippen MR) is 95.0 cm³/mol. The number of methoxy groups -OCH3 is 1. The van der Waals surface area contributed by atoms with Crippen molar-refractivity contribution in [3.05, 3.63) is 41.2 Å². The molecule has 2 heterocycles. The van der Waals surface area contributed by atoms with E-state index in [1.807, 2.05) is 0 Å². The summed E-state index contributed by atoms with van der Waals surface area (Å²) in [5, 5.41) is 6.10. The number of nitrogens with zero attached hydrogens (tertiary/aromatic N) is 3. The second-order valence-electron chi connectivity index (χ2n) is 6.45. The van der Waals surface area contributed by atoms with Gasteiger partial charge in [0.2, 0.25) is 5.91 Å². The number of hydrogen-bond acceptors (Lipinski definition) is 4. The van der Waals surface area contributed by atoms with Gasteiger partial charge in [-0.2, -0.15) is 18.3 Å². The lowest BCUT2D eigenvalue weighted by Gasteiger charge is -2.17. The van der Waals surface area contributed by atoms with E-state index in [1.165, 1.54) is 14.0 Å². The summed E-state index contributed by atoms with van der Waals surface area (Å²) in [5.74, 6) is -0.641. The molecule has 1 aromatic heterocycles. The van der Waals surface area contributed by atoms with Crippen LogP contribution in [0.4, 0.5) is 24.5 Å². The average molecular weight is 396 g/mol. The van der Waals surface area contributed by atoms with Crippen LogP contribution in [0.15, 0.2) is 24.3 Å². The molecule has 1 N–H and O–H groups in total. The van der Waals surface area contributed by atoms with E-state index < -0.39 is 17.8 Å². The van der Waals surface area contributed by atoms with Gasteiger partial charge in [0.1, 0.15) is 13.2 Å². The minimum absolute atomic E-state index is 0.0128. The molecule has 3 rings (SSSR count). The number of anilines is 2. The molecule has 2 amide bonds. The van der Waals surface area contributed by atoms with Crippen LogP contribution in [0.1, 0.15) is 17.0 Å². The van der Waals surface area contributed by atoms with Crippen LogP contribution in [-0.2, 0) is 33.5 Å². The first-order valence-corrected chi connectivity index (χ1v) is 8.53. The number of aromatic nitrogens is 2. The molecule has 0 saturated heterocycles. The van der Waals surface area contributed by atoms with Crippen molar-refractivity contribution in [2.45, 2.75) is 26.1 Å². The number of benzene rings is 1. The standard InChI is InChI=1S/C18H19F3N4O3/c1-11-7-15(18(19,20)21)23-25(11)9-16(26)22-13-3-4-14-12(8-13)5-6-24(14)17(27)10-28-2/h3-4,7-8H,5-6,9-10H2,1-2H3,(H,22,26). The summed E-state index contributed by atoms with van der Waals surface area (Å²) >= 11 is 0. The summed E-state index contributed by atoms with van der Waals surface area (Å²) in [7, 11) is 1.45. The molecule has 1 aliphatic heterocycles. The molecule has 0 bridgehead atoms. The van der Waals surface area contributed by atoms with Crippen LogP contribution in [0.3, 0.4) is 0 Å². The Morgan fingerprint density at radius 1 is 1.29 bits per heavy atom. The highest BCUT2D eigenvalue weighted by atomic mass is 19.4. The molecule has 0 fully saturated rings. The number of hydrogen-bond donors (Lipinski definition) is 1. The zero-order valence-corrected chi connectivity index (χ0v) is 15.3. The SMILES string of the molecule is COCC(=O)N1CCc2cc(NC(=O)Cn3nc(C(F)(F)F)cc3C)ccc21. The van der Waals surface area contributed by atoms with Gasteiger partial charge in [-0.05, 0) is 43.2 Å². The quantitative estimate of drug-likeness (QED) is 0.842. The Hall–Kier alpha value is -2.88. The average Bonchev–Trinajstić information content (AvgIpc) is 3.18. The van der Waals surface area contributed by atoms with Crippen molar-refractivity contribution in [2.75, 3.05) is 30.5 Å². The molecular weight excluding hydrogens is 377 g/mol. The molecule has 1 aliphatic rings. The number of nitrogens with one attached hydrogen (secondary N) is 1. The Bertz CT molecular complexity index is 908. The van der Waals surface area contributed by atoms with Crippen molar-refractivity contribution in [1.82, 2.24) is 9.78 Å². The van der Waals surface area contributed by atoms with Crippen LogP contribution in [0.5, 0.6) is 0 Å². The van der Waals surface area contributed by atoms with Gasteiger partial charge >= 0.3 is 6.18 Å². The summed E-state index contributed by atoms with van der Waals surface area (Å²) in [6.45, 7) is 1.64. The summed E-state index contributed by atoms with van der Waals surface area (Å²) in [6, 6.07) is 6.03. The molecule has 2 aromatic rings. The summed E-state index contributed by atoms with van der Waals surface area (Å²) < 4.78 is 44.0. The van der Waals surface area contributed by atoms with Gasteiger partial charge in [0.25, 0.3) is 5.91 Å². The molecule has 0 atom stereocenters. The van der Waals surface area contributed by atoms with Crippen molar-refractivity contribution in [1.29, 1.82) is 0 Å². The van der Waals surface area contributed by atoms with Crippen molar-refractivity contribution in [3.63, 3.8) is 0 Å². The lowest BCUT2D eigenvalue weighted by Crippen LogP contribution is -2.31. The Morgan fingerprint density at radius 2 is 2.04 bits per heavy atom. The van der Waals surface area contributed by atoms with E-state index in [0.717, 1.165) is 22.0 Å². The Balaban J connectivity index is 1.68. The zero-order chi connectivity index (χ0) is 20.5. The van der Waals surface area contributed by atoms with Gasteiger partial charge in [-0.3, -0.25) is 14.3 Å². The van der Waals surface area contributed by atoms with E-state index in [9.17, 15) is 22.8 Å². The highest BCUT2D eigenvalue weighted by Gasteiger charge is 2.34. The van der Waals surface area contributed by atoms with Crippen LogP contribution in [0.25, 0.3) is 0 Å². The first kappa shape index (κ1) is 19.9. The minimum Gasteiger partial charge on any atom is -0.375 e. The number of fused-ring (bicyclic) bond motifs is 1. The fourth-order valence-electron chi connectivity index (χ4n) is 3.09. The number of aryl methyl sites for hydroxylation is 1. The topological polar surface area (TPSA) is 76.5 Å². The van der Waals surface area contributed by atoms with Crippen molar-refractivity contribution >= 4 is 23.2 Å². The predicted octanol–water partition coefficient (Wildman–Crippen LogP) is 2.38. The van der Waals surface area contributed by atoms with E-state index >= 15 is 0 Å². The largest absolute Gasteiger partial charge is 0.435 e. The number of rotatable bonds is 5. The number of halogens is 3. The molecule has 0 unspecified atom stereocenters. The number of amides is 2. The lowest BCUT2D eigenvalue weighted by molar-refractivity contribution is -0.141. The fraction of sp³-hybridized carbons (Fsp3) is 0.389. The van der Waals surface area contributed by atoms with Crippen molar-refractivity contribution < 1.29 is 27.5 Å². The second kappa shape index (κ2) is 7.63. The summed E-state index contributed by atoms with van der Waals surface area (Å²) in [4.78, 5) is 25.9. The monoisotopic (exact) mass is 396 g/mol. The maximum Gasteiger partial charge on any atom is 0.435 e. The molecule has 7 nitrogen and oxygen atoms in total. The molecule has 0 saturated carbocycles. The number of alkyl halides is 3. The highest BCUT2D eigenvalue weighted by Crippen LogP contribution is 2.31. The first-order valence-electron chi connectivity index (χ1n) is 8.53. The third-order valence-corrected chi connectivity index (χ3v) is 4.39. The van der Waals surface area contributed by atoms with Crippen LogP contribution < -0.4 is 10.2 Å². The van der Waals surface area contributed by atoms with Gasteiger partial charge < -0.3 is 15.0 Å². The number of ether oxygens (including phenoxy) is 1. The maximum atomic E-state index is 12.7. The Morgan fingerprint density at radius 3 is 2.68 bits per heavy atom. The number of carbonyl (C=O) groups excluding carboxylic acids is 2. The maximum absolute atomic E-state index is 12.7. The van der Waals surface area contributed by atoms with E-state index in [-0.39, 0.29) is 24.8 Å². The first-order chi connectivity index (χ1) is 13.2. The molecule has 0 aliphatic carbocycles. The van der Waals surface area contributed by atoms with Gasteiger partial charge in [-0.25, -0.2) is 0 Å². The number of carbonyl (C=O) groups is 2. The molecule has 10 heteroatoms. The zero-order valence-electron chi connectivity index (χ0n) is 15.3. The lowest BCUT2D eigenvalue weighted by atomic mass is 10.1. The van der Waals surface area contributed by atoms with Crippen LogP contribution >= 0.6 is 0 Å². The van der Waals surface area contributed by atoms with Gasteiger partial charge in [0.15, 0.2) is 5.69 Å². The third kappa shape index (κ3) is 4.16.